The predicted octanol–water partition coefficient (Wildman–Crippen LogP) is 2.78. The molecule has 1 aliphatic rings. The van der Waals surface area contributed by atoms with Gasteiger partial charge in [-0.3, -0.25) is 20.4 Å². The van der Waals surface area contributed by atoms with Crippen molar-refractivity contribution in [1.82, 2.24) is 15.8 Å². The van der Waals surface area contributed by atoms with Gasteiger partial charge in [0.15, 0.2) is 11.5 Å². The van der Waals surface area contributed by atoms with Crippen molar-refractivity contribution in [3.05, 3.63) is 52.3 Å². The lowest BCUT2D eigenvalue weighted by atomic mass is 10.2. The summed E-state index contributed by atoms with van der Waals surface area (Å²) in [4.78, 5) is 30.6. The van der Waals surface area contributed by atoms with Crippen LogP contribution in [-0.4, -0.2) is 29.5 Å². The molecule has 2 N–H and O–H groups in total. The number of rotatable bonds is 3. The van der Waals surface area contributed by atoms with Crippen LogP contribution in [0.2, 0.25) is 0 Å². The van der Waals surface area contributed by atoms with E-state index in [1.54, 1.807) is 36.5 Å². The minimum absolute atomic E-state index is 0.0703. The summed E-state index contributed by atoms with van der Waals surface area (Å²) in [5.41, 5.74) is 5.42. The van der Waals surface area contributed by atoms with E-state index in [-0.39, 0.29) is 6.61 Å². The molecule has 1 unspecified atom stereocenters. The molecular weight excluding hydrogens is 386 g/mol. The molecule has 2 aromatic heterocycles. The molecule has 3 heterocycles. The highest BCUT2D eigenvalue weighted by molar-refractivity contribution is 7.22. The molecule has 0 bridgehead atoms. The lowest BCUT2D eigenvalue weighted by Crippen LogP contribution is -2.50. The number of amides is 2. The molecule has 9 heteroatoms. The number of para-hydroxylation sites is 2. The van der Waals surface area contributed by atoms with Crippen LogP contribution in [0.5, 0.6) is 11.5 Å². The van der Waals surface area contributed by atoms with Crippen LogP contribution in [0.1, 0.15) is 15.4 Å². The Kier molecular flexibility index (Phi) is 4.78. The van der Waals surface area contributed by atoms with Crippen molar-refractivity contribution in [1.29, 1.82) is 0 Å². The molecular formula is C18H15N3O4S2. The van der Waals surface area contributed by atoms with Gasteiger partial charge in [-0.15, -0.1) is 22.7 Å². The fourth-order valence-corrected chi connectivity index (χ4v) is 4.28. The summed E-state index contributed by atoms with van der Waals surface area (Å²) in [5, 5.41) is 2.73. The van der Waals surface area contributed by atoms with Crippen LogP contribution in [0.4, 0.5) is 0 Å². The first-order valence-corrected chi connectivity index (χ1v) is 9.81. The van der Waals surface area contributed by atoms with Crippen LogP contribution >= 0.6 is 22.7 Å². The van der Waals surface area contributed by atoms with E-state index in [0.717, 1.165) is 9.88 Å². The molecule has 1 atom stereocenters. The van der Waals surface area contributed by atoms with Gasteiger partial charge in [-0.2, -0.15) is 0 Å². The van der Waals surface area contributed by atoms with Gasteiger partial charge in [-0.25, -0.2) is 4.98 Å². The van der Waals surface area contributed by atoms with Crippen LogP contribution in [-0.2, 0) is 4.79 Å². The maximum absolute atomic E-state index is 12.4. The summed E-state index contributed by atoms with van der Waals surface area (Å²) in [7, 11) is 0. The number of thiazole rings is 1. The maximum atomic E-state index is 12.4. The molecule has 27 heavy (non-hydrogen) atoms. The van der Waals surface area contributed by atoms with Gasteiger partial charge in [0.05, 0.1) is 10.6 Å². The molecule has 3 aromatic rings. The number of carbonyl (C=O) groups is 2. The number of nitrogens with one attached hydrogen (secondary N) is 2. The van der Waals surface area contributed by atoms with Gasteiger partial charge in [0.25, 0.3) is 11.8 Å². The first-order valence-electron chi connectivity index (χ1n) is 8.12. The molecule has 138 valence electrons. The molecule has 0 aliphatic carbocycles. The number of benzene rings is 1. The molecule has 2 amide bonds. The zero-order valence-electron chi connectivity index (χ0n) is 14.2. The summed E-state index contributed by atoms with van der Waals surface area (Å²) in [6.45, 7) is 1.83. The fourth-order valence-electron chi connectivity index (χ4n) is 2.52. The molecule has 0 fully saturated rings. The minimum Gasteiger partial charge on any atom is -0.485 e. The summed E-state index contributed by atoms with van der Waals surface area (Å²) >= 11 is 2.84. The molecule has 0 spiro atoms. The number of aromatic nitrogens is 1. The molecule has 7 nitrogen and oxygen atoms in total. The zero-order valence-corrected chi connectivity index (χ0v) is 15.9. The molecule has 0 saturated carbocycles. The van der Waals surface area contributed by atoms with Crippen molar-refractivity contribution in [3.63, 3.8) is 0 Å². The van der Waals surface area contributed by atoms with Gasteiger partial charge in [-0.1, -0.05) is 18.2 Å². The van der Waals surface area contributed by atoms with E-state index in [4.69, 9.17) is 9.47 Å². The maximum Gasteiger partial charge on any atom is 0.283 e. The monoisotopic (exact) mass is 401 g/mol. The van der Waals surface area contributed by atoms with Crippen LogP contribution in [0, 0.1) is 6.92 Å². The van der Waals surface area contributed by atoms with Crippen molar-refractivity contribution >= 4 is 34.5 Å². The minimum atomic E-state index is -0.843. The van der Waals surface area contributed by atoms with Crippen molar-refractivity contribution in [2.75, 3.05) is 6.61 Å². The van der Waals surface area contributed by atoms with E-state index in [9.17, 15) is 9.59 Å². The summed E-state index contributed by atoms with van der Waals surface area (Å²) in [6.07, 6.45) is -0.843. The number of nitrogens with zero attached hydrogens (tertiary/aromatic N) is 1. The number of aryl methyl sites for hydroxylation is 1. The molecule has 1 aromatic carbocycles. The number of carbonyl (C=O) groups excluding carboxylic acids is 2. The first kappa shape index (κ1) is 17.5. The first-order chi connectivity index (χ1) is 13.1. The van der Waals surface area contributed by atoms with Crippen molar-refractivity contribution < 1.29 is 19.1 Å². The van der Waals surface area contributed by atoms with E-state index in [0.29, 0.717) is 22.1 Å². The summed E-state index contributed by atoms with van der Waals surface area (Å²) in [6, 6.07) is 11.0. The number of hydrazine groups is 1. The van der Waals surface area contributed by atoms with Crippen molar-refractivity contribution in [2.45, 2.75) is 13.0 Å². The summed E-state index contributed by atoms with van der Waals surface area (Å²) < 4.78 is 11.1. The van der Waals surface area contributed by atoms with E-state index >= 15 is 0 Å². The Bertz CT molecular complexity index is 984. The Morgan fingerprint density at radius 3 is 2.74 bits per heavy atom. The SMILES string of the molecule is Cc1nc(-c2cccs2)sc1C(=O)NNC(=O)C1COc2ccccc2O1. The molecule has 4 rings (SSSR count). The van der Waals surface area contributed by atoms with Crippen molar-refractivity contribution in [3.8, 4) is 21.4 Å². The second-order valence-corrected chi connectivity index (χ2v) is 7.67. The fraction of sp³-hybridized carbons (Fsp3) is 0.167. The van der Waals surface area contributed by atoms with Crippen LogP contribution < -0.4 is 20.3 Å². The number of ether oxygens (including phenoxy) is 2. The Labute approximate surface area is 162 Å². The number of hydrogen-bond acceptors (Lipinski definition) is 7. The average molecular weight is 401 g/mol. The normalized spacial score (nSPS) is 15.2. The number of hydrogen-bond donors (Lipinski definition) is 2. The Morgan fingerprint density at radius 1 is 1.15 bits per heavy atom. The largest absolute Gasteiger partial charge is 0.485 e. The van der Waals surface area contributed by atoms with Crippen LogP contribution in [0.3, 0.4) is 0 Å². The average Bonchev–Trinajstić information content (AvgIpc) is 3.35. The number of thiophene rings is 1. The van der Waals surface area contributed by atoms with Gasteiger partial charge >= 0.3 is 0 Å². The standard InChI is InChI=1S/C18H15N3O4S2/c1-10-15(27-18(19-10)14-7-4-8-26-14)17(23)21-20-16(22)13-9-24-11-5-2-3-6-12(11)25-13/h2-8,13H,9H2,1H3,(H,20,22)(H,21,23). The highest BCUT2D eigenvalue weighted by atomic mass is 32.1. The van der Waals surface area contributed by atoms with Gasteiger partial charge in [0.2, 0.25) is 6.10 Å². The zero-order chi connectivity index (χ0) is 18.8. The molecule has 0 saturated heterocycles. The van der Waals surface area contributed by atoms with E-state index in [1.165, 1.54) is 11.3 Å². The molecule has 0 radical (unpaired) electrons. The second kappa shape index (κ2) is 7.37. The van der Waals surface area contributed by atoms with Crippen molar-refractivity contribution in [2.24, 2.45) is 0 Å². The van der Waals surface area contributed by atoms with E-state index < -0.39 is 17.9 Å². The topological polar surface area (TPSA) is 89.6 Å². The Hall–Kier alpha value is -2.91. The number of fused-ring (bicyclic) bond motifs is 1. The third-order valence-electron chi connectivity index (χ3n) is 3.84. The lowest BCUT2D eigenvalue weighted by Gasteiger charge is -2.25. The van der Waals surface area contributed by atoms with Gasteiger partial charge in [0, 0.05) is 0 Å². The lowest BCUT2D eigenvalue weighted by molar-refractivity contribution is -0.131. The third kappa shape index (κ3) is 3.64. The second-order valence-electron chi connectivity index (χ2n) is 5.72. The van der Waals surface area contributed by atoms with Crippen LogP contribution in [0.25, 0.3) is 9.88 Å². The van der Waals surface area contributed by atoms with Gasteiger partial charge < -0.3 is 9.47 Å². The highest BCUT2D eigenvalue weighted by Gasteiger charge is 2.28. The van der Waals surface area contributed by atoms with E-state index in [1.807, 2.05) is 23.6 Å². The predicted molar refractivity (Wildman–Crippen MR) is 102 cm³/mol. The van der Waals surface area contributed by atoms with Gasteiger partial charge in [0.1, 0.15) is 16.5 Å². The van der Waals surface area contributed by atoms with E-state index in [2.05, 4.69) is 15.8 Å². The third-order valence-corrected chi connectivity index (χ3v) is 6.03. The quantitative estimate of drug-likeness (QED) is 0.659. The van der Waals surface area contributed by atoms with Gasteiger partial charge in [-0.05, 0) is 30.5 Å². The highest BCUT2D eigenvalue weighted by Crippen LogP contribution is 2.32. The Balaban J connectivity index is 1.38. The van der Waals surface area contributed by atoms with Crippen LogP contribution in [0.15, 0.2) is 41.8 Å². The molecule has 1 aliphatic heterocycles. The Morgan fingerprint density at radius 2 is 1.96 bits per heavy atom. The smallest absolute Gasteiger partial charge is 0.283 e. The summed E-state index contributed by atoms with van der Waals surface area (Å²) in [5.74, 6) is 0.179.